The fourth-order valence-electron chi connectivity index (χ4n) is 1.44. The lowest BCUT2D eigenvalue weighted by Gasteiger charge is -2.18. The van der Waals surface area contributed by atoms with Crippen molar-refractivity contribution < 1.29 is 4.74 Å². The van der Waals surface area contributed by atoms with Crippen molar-refractivity contribution in [2.75, 3.05) is 7.11 Å². The molecule has 2 nitrogen and oxygen atoms in total. The van der Waals surface area contributed by atoms with Crippen LogP contribution in [0.5, 0.6) is 0 Å². The zero-order valence-electron chi connectivity index (χ0n) is 9.92. The second-order valence-electron chi connectivity index (χ2n) is 4.74. The Bertz CT molecular complexity index is 284. The Balaban J connectivity index is 2.50. The third-order valence-electron chi connectivity index (χ3n) is 2.39. The van der Waals surface area contributed by atoms with Crippen LogP contribution in [0, 0.1) is 0 Å². The van der Waals surface area contributed by atoms with Gasteiger partial charge in [-0.1, -0.05) is 24.3 Å². The minimum absolute atomic E-state index is 0.0782. The van der Waals surface area contributed by atoms with Crippen molar-refractivity contribution >= 4 is 0 Å². The Morgan fingerprint density at radius 3 is 2.13 bits per heavy atom. The second kappa shape index (κ2) is 5.29. The van der Waals surface area contributed by atoms with Gasteiger partial charge in [0, 0.05) is 12.6 Å². The van der Waals surface area contributed by atoms with Crippen LogP contribution >= 0.6 is 0 Å². The number of ether oxygens (including phenoxy) is 1. The van der Waals surface area contributed by atoms with Crippen LogP contribution < -0.4 is 5.73 Å². The summed E-state index contributed by atoms with van der Waals surface area (Å²) in [5.41, 5.74) is 8.42. The average molecular weight is 207 g/mol. The molecule has 0 atom stereocenters. The molecule has 0 heterocycles. The SMILES string of the molecule is COCc1ccc(CCC(C)(C)N)cc1. The Morgan fingerprint density at radius 2 is 1.67 bits per heavy atom. The van der Waals surface area contributed by atoms with Gasteiger partial charge in [-0.3, -0.25) is 0 Å². The van der Waals surface area contributed by atoms with E-state index in [-0.39, 0.29) is 5.54 Å². The predicted molar refractivity (Wildman–Crippen MR) is 63.7 cm³/mol. The van der Waals surface area contributed by atoms with Gasteiger partial charge in [0.2, 0.25) is 0 Å². The van der Waals surface area contributed by atoms with Crippen LogP contribution in [0.3, 0.4) is 0 Å². The molecule has 15 heavy (non-hydrogen) atoms. The van der Waals surface area contributed by atoms with Crippen molar-refractivity contribution in [2.45, 2.75) is 38.8 Å². The summed E-state index contributed by atoms with van der Waals surface area (Å²) in [6.07, 6.45) is 2.05. The highest BCUT2D eigenvalue weighted by atomic mass is 16.5. The Kier molecular flexibility index (Phi) is 4.30. The fourth-order valence-corrected chi connectivity index (χ4v) is 1.44. The highest BCUT2D eigenvalue weighted by molar-refractivity contribution is 5.22. The maximum absolute atomic E-state index is 5.94. The number of rotatable bonds is 5. The summed E-state index contributed by atoms with van der Waals surface area (Å²) in [6, 6.07) is 8.53. The molecule has 0 amide bonds. The summed E-state index contributed by atoms with van der Waals surface area (Å²) in [5.74, 6) is 0. The fraction of sp³-hybridized carbons (Fsp3) is 0.538. The van der Waals surface area contributed by atoms with Gasteiger partial charge in [-0.25, -0.2) is 0 Å². The van der Waals surface area contributed by atoms with Gasteiger partial charge in [0.1, 0.15) is 0 Å². The zero-order valence-corrected chi connectivity index (χ0v) is 9.92. The number of aryl methyl sites for hydroxylation is 1. The van der Waals surface area contributed by atoms with E-state index in [1.165, 1.54) is 11.1 Å². The molecule has 0 saturated heterocycles. The standard InChI is InChI=1S/C13H21NO/c1-13(2,14)9-8-11-4-6-12(7-5-11)10-15-3/h4-7H,8-10,14H2,1-3H3. The molecule has 0 unspecified atom stereocenters. The summed E-state index contributed by atoms with van der Waals surface area (Å²) in [4.78, 5) is 0. The van der Waals surface area contributed by atoms with Gasteiger partial charge in [0.15, 0.2) is 0 Å². The van der Waals surface area contributed by atoms with E-state index < -0.39 is 0 Å². The van der Waals surface area contributed by atoms with Gasteiger partial charge in [-0.2, -0.15) is 0 Å². The van der Waals surface area contributed by atoms with E-state index in [0.717, 1.165) is 12.8 Å². The van der Waals surface area contributed by atoms with Gasteiger partial charge in [-0.05, 0) is 37.8 Å². The first kappa shape index (κ1) is 12.2. The van der Waals surface area contributed by atoms with Gasteiger partial charge >= 0.3 is 0 Å². The third kappa shape index (κ3) is 4.96. The second-order valence-corrected chi connectivity index (χ2v) is 4.74. The van der Waals surface area contributed by atoms with E-state index in [0.29, 0.717) is 6.61 Å². The first-order chi connectivity index (χ1) is 7.01. The molecule has 0 fully saturated rings. The minimum Gasteiger partial charge on any atom is -0.380 e. The molecule has 0 spiro atoms. The van der Waals surface area contributed by atoms with Crippen LogP contribution in [-0.2, 0) is 17.8 Å². The molecule has 0 radical (unpaired) electrons. The number of benzene rings is 1. The van der Waals surface area contributed by atoms with E-state index in [2.05, 4.69) is 38.1 Å². The molecular formula is C13H21NO. The number of nitrogens with two attached hydrogens (primary N) is 1. The lowest BCUT2D eigenvalue weighted by atomic mass is 9.96. The molecule has 84 valence electrons. The smallest absolute Gasteiger partial charge is 0.0713 e. The van der Waals surface area contributed by atoms with Gasteiger partial charge in [0.05, 0.1) is 6.61 Å². The van der Waals surface area contributed by atoms with Crippen molar-refractivity contribution in [3.05, 3.63) is 35.4 Å². The van der Waals surface area contributed by atoms with Crippen LogP contribution in [-0.4, -0.2) is 12.6 Å². The third-order valence-corrected chi connectivity index (χ3v) is 2.39. The largest absolute Gasteiger partial charge is 0.380 e. The molecule has 2 N–H and O–H groups in total. The molecule has 1 aromatic rings. The number of hydrogen-bond acceptors (Lipinski definition) is 2. The molecule has 0 aliphatic rings. The summed E-state index contributed by atoms with van der Waals surface area (Å²) in [7, 11) is 1.71. The molecule has 0 bridgehead atoms. The van der Waals surface area contributed by atoms with Crippen LogP contribution in [0.15, 0.2) is 24.3 Å². The van der Waals surface area contributed by atoms with Gasteiger partial charge < -0.3 is 10.5 Å². The molecule has 1 aromatic carbocycles. The zero-order chi connectivity index (χ0) is 11.3. The molecule has 0 aliphatic carbocycles. The summed E-state index contributed by atoms with van der Waals surface area (Å²) < 4.78 is 5.06. The van der Waals surface area contributed by atoms with Crippen molar-refractivity contribution in [1.82, 2.24) is 0 Å². The van der Waals surface area contributed by atoms with E-state index in [1.807, 2.05) is 0 Å². The van der Waals surface area contributed by atoms with Crippen LogP contribution in [0.25, 0.3) is 0 Å². The molecule has 0 aliphatic heterocycles. The topological polar surface area (TPSA) is 35.2 Å². The van der Waals surface area contributed by atoms with E-state index in [4.69, 9.17) is 10.5 Å². The maximum atomic E-state index is 5.94. The minimum atomic E-state index is -0.0782. The van der Waals surface area contributed by atoms with E-state index >= 15 is 0 Å². The highest BCUT2D eigenvalue weighted by Gasteiger charge is 2.09. The van der Waals surface area contributed by atoms with Crippen molar-refractivity contribution in [3.8, 4) is 0 Å². The van der Waals surface area contributed by atoms with Crippen molar-refractivity contribution in [3.63, 3.8) is 0 Å². The predicted octanol–water partition coefficient (Wildman–Crippen LogP) is 2.50. The Hall–Kier alpha value is -0.860. The lowest BCUT2D eigenvalue weighted by Crippen LogP contribution is -2.32. The van der Waals surface area contributed by atoms with Crippen LogP contribution in [0.2, 0.25) is 0 Å². The lowest BCUT2D eigenvalue weighted by molar-refractivity contribution is 0.185. The molecular weight excluding hydrogens is 186 g/mol. The average Bonchev–Trinajstić information content (AvgIpc) is 2.16. The van der Waals surface area contributed by atoms with Crippen molar-refractivity contribution in [2.24, 2.45) is 5.73 Å². The molecule has 0 saturated carbocycles. The first-order valence-electron chi connectivity index (χ1n) is 5.37. The summed E-state index contributed by atoms with van der Waals surface area (Å²) in [5, 5.41) is 0. The monoisotopic (exact) mass is 207 g/mol. The number of hydrogen-bond donors (Lipinski definition) is 1. The van der Waals surface area contributed by atoms with Gasteiger partial charge in [-0.15, -0.1) is 0 Å². The number of methoxy groups -OCH3 is 1. The molecule has 2 heteroatoms. The molecule has 1 rings (SSSR count). The maximum Gasteiger partial charge on any atom is 0.0713 e. The Labute approximate surface area is 92.4 Å². The van der Waals surface area contributed by atoms with E-state index in [1.54, 1.807) is 7.11 Å². The normalized spacial score (nSPS) is 11.7. The quantitative estimate of drug-likeness (QED) is 0.805. The summed E-state index contributed by atoms with van der Waals surface area (Å²) >= 11 is 0. The van der Waals surface area contributed by atoms with E-state index in [9.17, 15) is 0 Å². The Morgan fingerprint density at radius 1 is 1.13 bits per heavy atom. The van der Waals surface area contributed by atoms with Crippen LogP contribution in [0.4, 0.5) is 0 Å². The van der Waals surface area contributed by atoms with Crippen molar-refractivity contribution in [1.29, 1.82) is 0 Å². The summed E-state index contributed by atoms with van der Waals surface area (Å²) in [6.45, 7) is 4.81. The van der Waals surface area contributed by atoms with Crippen LogP contribution in [0.1, 0.15) is 31.4 Å². The van der Waals surface area contributed by atoms with Gasteiger partial charge in [0.25, 0.3) is 0 Å². The first-order valence-corrected chi connectivity index (χ1v) is 5.37. The highest BCUT2D eigenvalue weighted by Crippen LogP contribution is 2.12. The molecule has 0 aromatic heterocycles.